The zero-order chi connectivity index (χ0) is 8.91. The van der Waals surface area contributed by atoms with E-state index in [-0.39, 0.29) is 19.1 Å². The number of nitroso groups, excluding NO2 is 1. The lowest BCUT2D eigenvalue weighted by molar-refractivity contribution is -0.118. The van der Waals surface area contributed by atoms with Gasteiger partial charge in [-0.15, -0.1) is 0 Å². The van der Waals surface area contributed by atoms with E-state index in [0.29, 0.717) is 0 Å². The molecule has 0 aliphatic carbocycles. The van der Waals surface area contributed by atoms with Crippen molar-refractivity contribution >= 4 is 6.29 Å². The molecule has 0 saturated carbocycles. The van der Waals surface area contributed by atoms with E-state index < -0.39 is 11.7 Å². The normalized spacial score (nSPS) is 18.5. The van der Waals surface area contributed by atoms with Crippen LogP contribution in [0.2, 0.25) is 0 Å². The summed E-state index contributed by atoms with van der Waals surface area (Å²) in [7, 11) is 0. The van der Waals surface area contributed by atoms with Crippen LogP contribution in [0.5, 0.6) is 0 Å². The predicted molar refractivity (Wildman–Crippen MR) is 40.1 cm³/mol. The van der Waals surface area contributed by atoms with Crippen molar-refractivity contribution in [2.75, 3.05) is 0 Å². The van der Waals surface area contributed by atoms with Crippen molar-refractivity contribution in [2.45, 2.75) is 38.4 Å². The van der Waals surface area contributed by atoms with Gasteiger partial charge in [-0.05, 0) is 13.3 Å². The Labute approximate surface area is 65.0 Å². The molecular weight excluding hydrogens is 149 g/mol. The Balaban J connectivity index is 4.06. The summed E-state index contributed by atoms with van der Waals surface area (Å²) in [4.78, 5) is 20.1. The molecule has 0 aliphatic rings. The first kappa shape index (κ1) is 10.2. The van der Waals surface area contributed by atoms with Crippen LogP contribution in [0.15, 0.2) is 5.18 Å². The Morgan fingerprint density at radius 3 is 2.55 bits per heavy atom. The monoisotopic (exact) mass is 161 g/mol. The second-order valence-electron chi connectivity index (χ2n) is 2.66. The molecule has 0 aliphatic heterocycles. The molecule has 11 heavy (non-hydrogen) atoms. The van der Waals surface area contributed by atoms with E-state index in [1.165, 1.54) is 6.92 Å². The summed E-state index contributed by atoms with van der Waals surface area (Å²) >= 11 is 0. The third-order valence-electron chi connectivity index (χ3n) is 1.61. The van der Waals surface area contributed by atoms with E-state index >= 15 is 0 Å². The largest absolute Gasteiger partial charge is 0.300 e. The summed E-state index contributed by atoms with van der Waals surface area (Å²) in [6.07, 6.45) is 0.224. The number of alkyl halides is 1. The summed E-state index contributed by atoms with van der Waals surface area (Å²) in [6.45, 7) is 3.05. The van der Waals surface area contributed by atoms with Gasteiger partial charge < -0.3 is 0 Å². The van der Waals surface area contributed by atoms with Gasteiger partial charge in [0.2, 0.25) is 0 Å². The van der Waals surface area contributed by atoms with Crippen molar-refractivity contribution in [1.82, 2.24) is 0 Å². The molecule has 0 rings (SSSR count). The summed E-state index contributed by atoms with van der Waals surface area (Å²) in [5, 5.41) is 2.62. The highest BCUT2D eigenvalue weighted by Gasteiger charge is 2.29. The predicted octanol–water partition coefficient (Wildman–Crippen LogP) is 1.85. The quantitative estimate of drug-likeness (QED) is 0.456. The molecule has 0 heterocycles. The summed E-state index contributed by atoms with van der Waals surface area (Å²) in [5.74, 6) is 0. The standard InChI is InChI=1S/C7H12FNO2/c1-3-7(8,5-10)4-6(2)9-11/h5-6H,3-4H2,1-2H3. The molecule has 4 heteroatoms. The van der Waals surface area contributed by atoms with Gasteiger partial charge in [-0.3, -0.25) is 4.79 Å². The zero-order valence-corrected chi connectivity index (χ0v) is 6.71. The molecule has 2 atom stereocenters. The first-order valence-electron chi connectivity index (χ1n) is 3.55. The van der Waals surface area contributed by atoms with Crippen LogP contribution in [-0.2, 0) is 4.79 Å². The molecule has 3 nitrogen and oxygen atoms in total. The Hall–Kier alpha value is -0.800. The van der Waals surface area contributed by atoms with Crippen molar-refractivity contribution in [2.24, 2.45) is 5.18 Å². The first-order chi connectivity index (χ1) is 5.08. The maximum absolute atomic E-state index is 13.1. The minimum Gasteiger partial charge on any atom is -0.300 e. The van der Waals surface area contributed by atoms with Crippen LogP contribution in [0.1, 0.15) is 26.7 Å². The van der Waals surface area contributed by atoms with Crippen LogP contribution in [0.4, 0.5) is 4.39 Å². The molecule has 2 unspecified atom stereocenters. The second kappa shape index (κ2) is 4.16. The maximum Gasteiger partial charge on any atom is 0.167 e. The number of carbonyl (C=O) groups excluding carboxylic acids is 1. The van der Waals surface area contributed by atoms with E-state index in [1.807, 2.05) is 0 Å². The third kappa shape index (κ3) is 3.20. The summed E-state index contributed by atoms with van der Waals surface area (Å²) in [6, 6.07) is -0.634. The van der Waals surface area contributed by atoms with Crippen LogP contribution in [-0.4, -0.2) is 18.0 Å². The molecule has 64 valence electrons. The van der Waals surface area contributed by atoms with Crippen molar-refractivity contribution in [1.29, 1.82) is 0 Å². The number of aldehydes is 1. The van der Waals surface area contributed by atoms with Crippen molar-refractivity contribution in [3.8, 4) is 0 Å². The molecule has 0 radical (unpaired) electrons. The fourth-order valence-electron chi connectivity index (χ4n) is 0.804. The Morgan fingerprint density at radius 1 is 1.73 bits per heavy atom. The van der Waals surface area contributed by atoms with Gasteiger partial charge in [0, 0.05) is 6.42 Å². The van der Waals surface area contributed by atoms with E-state index in [9.17, 15) is 14.1 Å². The minimum atomic E-state index is -1.87. The fraction of sp³-hybridized carbons (Fsp3) is 0.857. The maximum atomic E-state index is 13.1. The van der Waals surface area contributed by atoms with E-state index in [0.717, 1.165) is 0 Å². The minimum absolute atomic E-state index is 0.0936. The molecule has 0 aromatic heterocycles. The molecule has 0 bridgehead atoms. The highest BCUT2D eigenvalue weighted by Crippen LogP contribution is 2.20. The highest BCUT2D eigenvalue weighted by molar-refractivity contribution is 5.62. The van der Waals surface area contributed by atoms with Crippen molar-refractivity contribution < 1.29 is 9.18 Å². The van der Waals surface area contributed by atoms with E-state index in [4.69, 9.17) is 0 Å². The lowest BCUT2D eigenvalue weighted by atomic mass is 9.97. The molecular formula is C7H12FNO2. The molecule has 0 fully saturated rings. The number of halogens is 1. The zero-order valence-electron chi connectivity index (χ0n) is 6.71. The number of hydrogen-bond donors (Lipinski definition) is 0. The van der Waals surface area contributed by atoms with Crippen LogP contribution in [0.25, 0.3) is 0 Å². The van der Waals surface area contributed by atoms with Gasteiger partial charge in [-0.1, -0.05) is 12.1 Å². The van der Waals surface area contributed by atoms with Gasteiger partial charge >= 0.3 is 0 Å². The van der Waals surface area contributed by atoms with Gasteiger partial charge in [0.25, 0.3) is 0 Å². The summed E-state index contributed by atoms with van der Waals surface area (Å²) in [5.41, 5.74) is -1.87. The Bertz CT molecular complexity index is 151. The molecule has 0 N–H and O–H groups in total. The topological polar surface area (TPSA) is 46.5 Å². The fourth-order valence-corrected chi connectivity index (χ4v) is 0.804. The van der Waals surface area contributed by atoms with Crippen LogP contribution >= 0.6 is 0 Å². The highest BCUT2D eigenvalue weighted by atomic mass is 19.1. The lowest BCUT2D eigenvalue weighted by Crippen LogP contribution is -2.27. The van der Waals surface area contributed by atoms with Gasteiger partial charge in [-0.2, -0.15) is 4.91 Å². The molecule has 0 saturated heterocycles. The van der Waals surface area contributed by atoms with Gasteiger partial charge in [0.1, 0.15) is 0 Å². The number of rotatable bonds is 5. The average molecular weight is 161 g/mol. The second-order valence-corrected chi connectivity index (χ2v) is 2.66. The Morgan fingerprint density at radius 2 is 2.27 bits per heavy atom. The van der Waals surface area contributed by atoms with Gasteiger partial charge in [0.15, 0.2) is 12.0 Å². The van der Waals surface area contributed by atoms with Crippen LogP contribution < -0.4 is 0 Å². The third-order valence-corrected chi connectivity index (χ3v) is 1.61. The number of carbonyl (C=O) groups is 1. The molecule has 0 aromatic rings. The molecule has 0 aromatic carbocycles. The van der Waals surface area contributed by atoms with E-state index in [1.54, 1.807) is 6.92 Å². The molecule has 0 amide bonds. The van der Waals surface area contributed by atoms with Gasteiger partial charge in [0.05, 0.1) is 6.04 Å². The first-order valence-corrected chi connectivity index (χ1v) is 3.55. The number of nitrogens with zero attached hydrogens (tertiary/aromatic N) is 1. The Kier molecular flexibility index (Phi) is 3.85. The van der Waals surface area contributed by atoms with Crippen LogP contribution in [0, 0.1) is 4.91 Å². The van der Waals surface area contributed by atoms with Gasteiger partial charge in [-0.25, -0.2) is 4.39 Å². The van der Waals surface area contributed by atoms with Crippen molar-refractivity contribution in [3.63, 3.8) is 0 Å². The lowest BCUT2D eigenvalue weighted by Gasteiger charge is -2.16. The van der Waals surface area contributed by atoms with Crippen molar-refractivity contribution in [3.05, 3.63) is 4.91 Å². The van der Waals surface area contributed by atoms with Crippen LogP contribution in [0.3, 0.4) is 0 Å². The average Bonchev–Trinajstić information content (AvgIpc) is 2.04. The summed E-state index contributed by atoms with van der Waals surface area (Å²) < 4.78 is 13.1. The van der Waals surface area contributed by atoms with E-state index in [2.05, 4.69) is 5.18 Å². The number of hydrogen-bond acceptors (Lipinski definition) is 3. The smallest absolute Gasteiger partial charge is 0.167 e. The molecule has 0 spiro atoms. The SMILES string of the molecule is CCC(F)(C=O)CC(C)N=O.